The van der Waals surface area contributed by atoms with Crippen LogP contribution in [0, 0.1) is 0 Å². The van der Waals surface area contributed by atoms with E-state index >= 15 is 0 Å². The van der Waals surface area contributed by atoms with Crippen LogP contribution in [0.5, 0.6) is 0 Å². The predicted molar refractivity (Wildman–Crippen MR) is 90.8 cm³/mol. The van der Waals surface area contributed by atoms with Gasteiger partial charge in [0.25, 0.3) is 0 Å². The quantitative estimate of drug-likeness (QED) is 0.824. The van der Waals surface area contributed by atoms with Crippen LogP contribution in [0.4, 0.5) is 0 Å². The second kappa shape index (κ2) is 7.06. The van der Waals surface area contributed by atoms with Gasteiger partial charge in [0.1, 0.15) is 0 Å². The fourth-order valence-corrected chi connectivity index (χ4v) is 2.97. The van der Waals surface area contributed by atoms with Crippen molar-refractivity contribution in [3.8, 4) is 0 Å². The summed E-state index contributed by atoms with van der Waals surface area (Å²) in [6, 6.07) is 15.4. The highest BCUT2D eigenvalue weighted by molar-refractivity contribution is 5.85. The lowest BCUT2D eigenvalue weighted by molar-refractivity contribution is -0.0376. The zero-order chi connectivity index (χ0) is 15.3. The first kappa shape index (κ1) is 16.0. The molecule has 2 nitrogen and oxygen atoms in total. The van der Waals surface area contributed by atoms with Crippen molar-refractivity contribution in [2.45, 2.75) is 45.8 Å². The monoisotopic (exact) mass is 285 g/mol. The van der Waals surface area contributed by atoms with Crippen LogP contribution >= 0.6 is 0 Å². The van der Waals surface area contributed by atoms with E-state index in [4.69, 9.17) is 4.74 Å². The second-order valence-corrected chi connectivity index (χ2v) is 5.99. The lowest BCUT2D eigenvalue weighted by Gasteiger charge is -2.35. The van der Waals surface area contributed by atoms with E-state index in [9.17, 15) is 0 Å². The molecule has 0 aliphatic rings. The Hall–Kier alpha value is -1.38. The highest BCUT2D eigenvalue weighted by atomic mass is 16.5. The molecule has 0 radical (unpaired) electrons. The predicted octanol–water partition coefficient (Wildman–Crippen LogP) is 4.18. The van der Waals surface area contributed by atoms with Crippen molar-refractivity contribution in [2.24, 2.45) is 0 Å². The van der Waals surface area contributed by atoms with Gasteiger partial charge in [0.2, 0.25) is 0 Å². The van der Waals surface area contributed by atoms with Crippen molar-refractivity contribution in [3.63, 3.8) is 0 Å². The number of ether oxygens (including phenoxy) is 1. The Balaban J connectivity index is 2.31. The summed E-state index contributed by atoms with van der Waals surface area (Å²) in [6.07, 6.45) is 0.974. The summed E-state index contributed by atoms with van der Waals surface area (Å²) in [4.78, 5) is 0. The lowest BCUT2D eigenvalue weighted by Crippen LogP contribution is -2.50. The van der Waals surface area contributed by atoms with E-state index in [1.54, 1.807) is 0 Å². The van der Waals surface area contributed by atoms with Crippen molar-refractivity contribution >= 4 is 10.8 Å². The second-order valence-electron chi connectivity index (χ2n) is 5.99. The summed E-state index contributed by atoms with van der Waals surface area (Å²) in [5.74, 6) is 0. The van der Waals surface area contributed by atoms with Crippen molar-refractivity contribution < 1.29 is 4.74 Å². The molecule has 0 aromatic heterocycles. The molecule has 0 saturated carbocycles. The summed E-state index contributed by atoms with van der Waals surface area (Å²) in [6.45, 7) is 10.3. The number of likely N-dealkylation sites (N-methyl/N-ethyl adjacent to an activating group) is 1. The van der Waals surface area contributed by atoms with Crippen LogP contribution in [0.3, 0.4) is 0 Å². The van der Waals surface area contributed by atoms with Crippen LogP contribution in [0.1, 0.15) is 33.3 Å². The molecule has 0 bridgehead atoms. The summed E-state index contributed by atoms with van der Waals surface area (Å²) >= 11 is 0. The molecule has 114 valence electrons. The molecule has 0 heterocycles. The van der Waals surface area contributed by atoms with Gasteiger partial charge >= 0.3 is 0 Å². The molecular formula is C19H27NO. The zero-order valence-corrected chi connectivity index (χ0v) is 13.6. The van der Waals surface area contributed by atoms with Gasteiger partial charge in [0, 0.05) is 12.6 Å². The van der Waals surface area contributed by atoms with E-state index in [2.05, 4.69) is 75.5 Å². The summed E-state index contributed by atoms with van der Waals surface area (Å²) in [5, 5.41) is 6.24. The Morgan fingerprint density at radius 2 is 1.76 bits per heavy atom. The summed E-state index contributed by atoms with van der Waals surface area (Å²) < 4.78 is 5.97. The number of fused-ring (bicyclic) bond motifs is 1. The van der Waals surface area contributed by atoms with Crippen molar-refractivity contribution in [1.82, 2.24) is 5.32 Å². The molecule has 0 amide bonds. The maximum Gasteiger partial charge on any atom is 0.0781 e. The topological polar surface area (TPSA) is 21.3 Å². The van der Waals surface area contributed by atoms with Gasteiger partial charge < -0.3 is 10.1 Å². The first-order valence-electron chi connectivity index (χ1n) is 7.92. The average molecular weight is 285 g/mol. The third kappa shape index (κ3) is 3.84. The van der Waals surface area contributed by atoms with Crippen molar-refractivity contribution in [2.75, 3.05) is 13.2 Å². The van der Waals surface area contributed by atoms with Crippen LogP contribution in [0.15, 0.2) is 42.5 Å². The van der Waals surface area contributed by atoms with Gasteiger partial charge in [0.15, 0.2) is 0 Å². The molecule has 2 aromatic rings. The fraction of sp³-hybridized carbons (Fsp3) is 0.474. The van der Waals surface area contributed by atoms with Gasteiger partial charge in [-0.1, -0.05) is 49.4 Å². The minimum atomic E-state index is -0.179. The highest BCUT2D eigenvalue weighted by Crippen LogP contribution is 2.24. The Morgan fingerprint density at radius 1 is 1.05 bits per heavy atom. The van der Waals surface area contributed by atoms with Gasteiger partial charge in [-0.05, 0) is 50.1 Å². The van der Waals surface area contributed by atoms with Crippen LogP contribution in [-0.2, 0) is 11.2 Å². The first-order valence-corrected chi connectivity index (χ1v) is 7.92. The smallest absolute Gasteiger partial charge is 0.0781 e. The molecule has 1 atom stereocenters. The van der Waals surface area contributed by atoms with Crippen LogP contribution in [0.2, 0.25) is 0 Å². The van der Waals surface area contributed by atoms with Gasteiger partial charge in [-0.15, -0.1) is 0 Å². The maximum absolute atomic E-state index is 5.97. The Bertz CT molecular complexity index is 571. The molecule has 2 rings (SSSR count). The minimum Gasteiger partial charge on any atom is -0.374 e. The van der Waals surface area contributed by atoms with E-state index < -0.39 is 0 Å². The molecule has 1 unspecified atom stereocenters. The molecule has 21 heavy (non-hydrogen) atoms. The normalized spacial score (nSPS) is 13.5. The Labute approximate surface area is 128 Å². The Kier molecular flexibility index (Phi) is 5.38. The fourth-order valence-electron chi connectivity index (χ4n) is 2.97. The number of benzene rings is 2. The first-order chi connectivity index (χ1) is 10.1. The van der Waals surface area contributed by atoms with Crippen LogP contribution in [0.25, 0.3) is 10.8 Å². The third-order valence-corrected chi connectivity index (χ3v) is 4.11. The molecule has 2 aromatic carbocycles. The van der Waals surface area contributed by atoms with E-state index in [1.807, 2.05) is 0 Å². The van der Waals surface area contributed by atoms with Gasteiger partial charge in [-0.3, -0.25) is 0 Å². The molecule has 0 spiro atoms. The Morgan fingerprint density at radius 3 is 2.48 bits per heavy atom. The molecular weight excluding hydrogens is 258 g/mol. The summed E-state index contributed by atoms with van der Waals surface area (Å²) in [5.41, 5.74) is 1.20. The molecule has 1 N–H and O–H groups in total. The zero-order valence-electron chi connectivity index (χ0n) is 13.6. The van der Waals surface area contributed by atoms with Crippen LogP contribution < -0.4 is 5.32 Å². The number of nitrogens with one attached hydrogen (secondary N) is 1. The third-order valence-electron chi connectivity index (χ3n) is 4.11. The van der Waals surface area contributed by atoms with Gasteiger partial charge in [0.05, 0.1) is 5.60 Å². The minimum absolute atomic E-state index is 0.179. The number of hydrogen-bond donors (Lipinski definition) is 1. The van der Waals surface area contributed by atoms with E-state index in [-0.39, 0.29) is 5.60 Å². The van der Waals surface area contributed by atoms with E-state index in [1.165, 1.54) is 16.3 Å². The standard InChI is InChI=1S/C19H27NO/c1-5-20-18(19(3,4)21-6-2)14-16-12-9-11-15-10-7-8-13-17(15)16/h7-13,18,20H,5-6,14H2,1-4H3. The van der Waals surface area contributed by atoms with E-state index in [0.29, 0.717) is 6.04 Å². The summed E-state index contributed by atoms with van der Waals surface area (Å²) in [7, 11) is 0. The molecule has 0 fully saturated rings. The SMILES string of the molecule is CCNC(Cc1cccc2ccccc12)C(C)(C)OCC. The highest BCUT2D eigenvalue weighted by Gasteiger charge is 2.29. The van der Waals surface area contributed by atoms with Crippen molar-refractivity contribution in [3.05, 3.63) is 48.0 Å². The van der Waals surface area contributed by atoms with Crippen LogP contribution in [-0.4, -0.2) is 24.8 Å². The lowest BCUT2D eigenvalue weighted by atomic mass is 9.90. The number of hydrogen-bond acceptors (Lipinski definition) is 2. The molecule has 0 aliphatic heterocycles. The molecule has 2 heteroatoms. The van der Waals surface area contributed by atoms with Gasteiger partial charge in [-0.2, -0.15) is 0 Å². The molecule has 0 aliphatic carbocycles. The average Bonchev–Trinajstić information content (AvgIpc) is 2.47. The maximum atomic E-state index is 5.97. The van der Waals surface area contributed by atoms with Crippen molar-refractivity contribution in [1.29, 1.82) is 0 Å². The largest absolute Gasteiger partial charge is 0.374 e. The number of rotatable bonds is 7. The van der Waals surface area contributed by atoms with E-state index in [0.717, 1.165) is 19.6 Å². The van der Waals surface area contributed by atoms with Gasteiger partial charge in [-0.25, -0.2) is 0 Å². The molecule has 0 saturated heterocycles.